The number of likely N-dealkylation sites (tertiary alicyclic amines) is 1. The predicted octanol–water partition coefficient (Wildman–Crippen LogP) is 10.2. The van der Waals surface area contributed by atoms with Crippen molar-refractivity contribution in [3.63, 3.8) is 0 Å². The number of rotatable bonds is 12. The number of ether oxygens (including phenoxy) is 2. The second-order valence-corrected chi connectivity index (χ2v) is 14.5. The number of oxime groups is 1. The van der Waals surface area contributed by atoms with E-state index in [-0.39, 0.29) is 30.6 Å². The number of anilines is 1. The maximum absolute atomic E-state index is 13.4. The van der Waals surface area contributed by atoms with Crippen LogP contribution in [0.1, 0.15) is 47.4 Å². The molecule has 0 saturated carbocycles. The fourth-order valence-corrected chi connectivity index (χ4v) is 7.94. The van der Waals surface area contributed by atoms with E-state index in [2.05, 4.69) is 22.2 Å². The van der Waals surface area contributed by atoms with Crippen LogP contribution >= 0.6 is 46.4 Å². The lowest BCUT2D eigenvalue weighted by Gasteiger charge is -2.40. The van der Waals surface area contributed by atoms with Crippen LogP contribution in [-0.4, -0.2) is 56.6 Å². The van der Waals surface area contributed by atoms with Gasteiger partial charge in [0.2, 0.25) is 0 Å². The summed E-state index contributed by atoms with van der Waals surface area (Å²) in [6.07, 6.45) is 2.30. The molecule has 1 unspecified atom stereocenters. The third-order valence-electron chi connectivity index (χ3n) is 9.60. The highest BCUT2D eigenvalue weighted by molar-refractivity contribution is 6.42. The number of amides is 1. The van der Waals surface area contributed by atoms with Gasteiger partial charge in [0.05, 0.1) is 34.7 Å². The van der Waals surface area contributed by atoms with Gasteiger partial charge in [0.25, 0.3) is 0 Å². The summed E-state index contributed by atoms with van der Waals surface area (Å²) in [6, 6.07) is 29.0. The predicted molar refractivity (Wildman–Crippen MR) is 202 cm³/mol. The molecule has 7 nitrogen and oxygen atoms in total. The summed E-state index contributed by atoms with van der Waals surface area (Å²) >= 11 is 25.2. The molecule has 262 valence electrons. The van der Waals surface area contributed by atoms with Gasteiger partial charge in [-0.3, -0.25) is 4.90 Å². The third kappa shape index (κ3) is 8.76. The van der Waals surface area contributed by atoms with Crippen LogP contribution in [0.5, 0.6) is 0 Å². The molecule has 6 rings (SSSR count). The Morgan fingerprint density at radius 3 is 2.28 bits per heavy atom. The maximum atomic E-state index is 13.4. The summed E-state index contributed by atoms with van der Waals surface area (Å²) in [6.45, 7) is 3.99. The van der Waals surface area contributed by atoms with E-state index >= 15 is 0 Å². The number of hydrogen-bond acceptors (Lipinski definition) is 6. The molecule has 1 amide bonds. The van der Waals surface area contributed by atoms with Crippen molar-refractivity contribution in [3.05, 3.63) is 133 Å². The van der Waals surface area contributed by atoms with Gasteiger partial charge in [0.15, 0.2) is 0 Å². The second kappa shape index (κ2) is 16.8. The zero-order chi connectivity index (χ0) is 35.1. The minimum absolute atomic E-state index is 0.123. The minimum atomic E-state index is -0.310. The lowest BCUT2D eigenvalue weighted by Crippen LogP contribution is -2.46. The monoisotopic (exact) mass is 753 g/mol. The van der Waals surface area contributed by atoms with Crippen molar-refractivity contribution in [2.45, 2.75) is 43.8 Å². The van der Waals surface area contributed by atoms with Gasteiger partial charge in [0.1, 0.15) is 13.7 Å². The highest BCUT2D eigenvalue weighted by Crippen LogP contribution is 2.47. The van der Waals surface area contributed by atoms with Crippen LogP contribution in [0.25, 0.3) is 0 Å². The van der Waals surface area contributed by atoms with Gasteiger partial charge >= 0.3 is 6.09 Å². The third-order valence-corrected chi connectivity index (χ3v) is 10.8. The van der Waals surface area contributed by atoms with Crippen LogP contribution in [0.15, 0.2) is 96.2 Å². The minimum Gasteiger partial charge on any atom is -0.444 e. The van der Waals surface area contributed by atoms with E-state index in [0.29, 0.717) is 33.2 Å². The number of halogens is 4. The van der Waals surface area contributed by atoms with E-state index in [1.165, 1.54) is 12.7 Å². The number of carbonyl (C=O) groups is 1. The number of fused-ring (bicyclic) bond motifs is 2. The van der Waals surface area contributed by atoms with E-state index in [9.17, 15) is 4.79 Å². The number of nitrogens with zero attached hydrogens (tertiary/aromatic N) is 3. The van der Waals surface area contributed by atoms with Crippen molar-refractivity contribution in [3.8, 4) is 0 Å². The van der Waals surface area contributed by atoms with Gasteiger partial charge in [-0.05, 0) is 97.5 Å². The fraction of sp³-hybridized carbons (Fsp3) is 0.333. The normalized spacial score (nSPS) is 16.3. The lowest BCUT2D eigenvalue weighted by atomic mass is 9.74. The van der Waals surface area contributed by atoms with Gasteiger partial charge < -0.3 is 19.2 Å². The average molecular weight is 756 g/mol. The molecule has 4 aromatic carbocycles. The van der Waals surface area contributed by atoms with Crippen LogP contribution in [0, 0.1) is 0 Å². The Morgan fingerprint density at radius 1 is 0.840 bits per heavy atom. The molecule has 2 aliphatic rings. The Hall–Kier alpha value is -3.30. The molecule has 0 N–H and O–H groups in total. The Bertz CT molecular complexity index is 1790. The van der Waals surface area contributed by atoms with Crippen molar-refractivity contribution >= 4 is 63.9 Å². The van der Waals surface area contributed by atoms with Gasteiger partial charge in [-0.2, -0.15) is 0 Å². The molecule has 1 fully saturated rings. The Kier molecular flexibility index (Phi) is 12.3. The summed E-state index contributed by atoms with van der Waals surface area (Å²) in [5.41, 5.74) is 5.59. The fourth-order valence-electron chi connectivity index (χ4n) is 7.06. The molecular weight excluding hydrogens is 716 g/mol. The van der Waals surface area contributed by atoms with Crippen LogP contribution in [-0.2, 0) is 32.9 Å². The molecule has 50 heavy (non-hydrogen) atoms. The van der Waals surface area contributed by atoms with Gasteiger partial charge in [-0.1, -0.05) is 106 Å². The van der Waals surface area contributed by atoms with E-state index in [1.54, 1.807) is 6.07 Å². The molecule has 2 aliphatic heterocycles. The number of hydrogen-bond donors (Lipinski definition) is 0. The van der Waals surface area contributed by atoms with Crippen molar-refractivity contribution in [2.75, 3.05) is 44.8 Å². The molecule has 11 heteroatoms. The van der Waals surface area contributed by atoms with Crippen molar-refractivity contribution < 1.29 is 19.1 Å². The van der Waals surface area contributed by atoms with Crippen molar-refractivity contribution in [1.29, 1.82) is 0 Å². The maximum Gasteiger partial charge on any atom is 0.414 e. The summed E-state index contributed by atoms with van der Waals surface area (Å²) in [4.78, 5) is 23.0. The first-order valence-electron chi connectivity index (χ1n) is 16.6. The molecule has 0 bridgehead atoms. The summed E-state index contributed by atoms with van der Waals surface area (Å²) in [5, 5.41) is 6.49. The lowest BCUT2D eigenvalue weighted by molar-refractivity contribution is 0.138. The number of benzene rings is 4. The smallest absolute Gasteiger partial charge is 0.414 e. The molecule has 0 aliphatic carbocycles. The summed E-state index contributed by atoms with van der Waals surface area (Å²) < 4.78 is 11.9. The molecule has 2 heterocycles. The highest BCUT2D eigenvalue weighted by Gasteiger charge is 2.46. The molecular formula is C39H39Cl4N3O4. The van der Waals surface area contributed by atoms with Crippen LogP contribution in [0.3, 0.4) is 0 Å². The first-order chi connectivity index (χ1) is 24.2. The SMILES string of the molecule is CO/N=C(\COCc1cc(Cl)cc(Cl)c1)C(CCN1CCC2(CC1)CN(C(=O)OCc1ccccc1)c1ccccc12)c1ccc(Cl)c(Cl)c1. The first-order valence-corrected chi connectivity index (χ1v) is 18.1. The van der Waals surface area contributed by atoms with E-state index in [1.807, 2.05) is 77.7 Å². The van der Waals surface area contributed by atoms with E-state index in [0.717, 1.165) is 67.0 Å². The Balaban J connectivity index is 1.12. The molecule has 4 aromatic rings. The highest BCUT2D eigenvalue weighted by atomic mass is 35.5. The quantitative estimate of drug-likeness (QED) is 0.106. The van der Waals surface area contributed by atoms with Gasteiger partial charge in [0, 0.05) is 27.9 Å². The van der Waals surface area contributed by atoms with Gasteiger partial charge in [-0.15, -0.1) is 0 Å². The number of piperidine rings is 1. The van der Waals surface area contributed by atoms with E-state index < -0.39 is 0 Å². The molecule has 1 spiro atoms. The molecule has 0 aromatic heterocycles. The number of para-hydroxylation sites is 1. The number of carbonyl (C=O) groups excluding carboxylic acids is 1. The Labute approximate surface area is 313 Å². The van der Waals surface area contributed by atoms with Crippen molar-refractivity contribution in [2.24, 2.45) is 5.16 Å². The van der Waals surface area contributed by atoms with Gasteiger partial charge in [-0.25, -0.2) is 4.79 Å². The Morgan fingerprint density at radius 2 is 1.56 bits per heavy atom. The zero-order valence-electron chi connectivity index (χ0n) is 27.8. The van der Waals surface area contributed by atoms with Crippen LogP contribution < -0.4 is 4.90 Å². The topological polar surface area (TPSA) is 63.6 Å². The zero-order valence-corrected chi connectivity index (χ0v) is 30.8. The summed E-state index contributed by atoms with van der Waals surface area (Å²) in [5.74, 6) is -0.134. The summed E-state index contributed by atoms with van der Waals surface area (Å²) in [7, 11) is 1.53. The van der Waals surface area contributed by atoms with Crippen LogP contribution in [0.4, 0.5) is 10.5 Å². The van der Waals surface area contributed by atoms with Crippen molar-refractivity contribution in [1.82, 2.24) is 4.90 Å². The molecule has 1 atom stereocenters. The first kappa shape index (κ1) is 36.5. The standard InChI is InChI=1S/C39H39Cl4N3O4/c1-48-44-36(25-49-23-28-19-30(40)22-31(41)20-28)32(29-11-12-34(42)35(43)21-29)13-16-45-17-14-39(15-18-45)26-46(37-10-6-5-9-33(37)39)38(47)50-24-27-7-3-2-4-8-27/h2-12,19-22,32H,13-18,23-26H2,1H3/b44-36+. The average Bonchev–Trinajstić information content (AvgIpc) is 3.43. The van der Waals surface area contributed by atoms with E-state index in [4.69, 9.17) is 60.7 Å². The molecule has 0 radical (unpaired) electrons. The second-order valence-electron chi connectivity index (χ2n) is 12.8. The van der Waals surface area contributed by atoms with Crippen LogP contribution in [0.2, 0.25) is 20.1 Å². The largest absolute Gasteiger partial charge is 0.444 e. The molecule has 1 saturated heterocycles.